The number of nitrogens with one attached hydrogen (secondary N) is 1. The van der Waals surface area contributed by atoms with Gasteiger partial charge < -0.3 is 5.32 Å². The van der Waals surface area contributed by atoms with E-state index in [0.717, 1.165) is 9.87 Å². The summed E-state index contributed by atoms with van der Waals surface area (Å²) < 4.78 is 25.8. The minimum absolute atomic E-state index is 0.137. The van der Waals surface area contributed by atoms with E-state index in [1.807, 2.05) is 6.92 Å². The fourth-order valence-electron chi connectivity index (χ4n) is 1.85. The highest BCUT2D eigenvalue weighted by molar-refractivity contribution is 7.89. The van der Waals surface area contributed by atoms with Crippen molar-refractivity contribution < 1.29 is 13.2 Å². The van der Waals surface area contributed by atoms with E-state index in [2.05, 4.69) is 10.3 Å². The number of likely N-dealkylation sites (N-methyl/N-ethyl adjacent to an activating group) is 1. The van der Waals surface area contributed by atoms with Crippen LogP contribution in [0.25, 0.3) is 0 Å². The Balaban J connectivity index is 2.08. The van der Waals surface area contributed by atoms with Crippen molar-refractivity contribution in [1.29, 1.82) is 0 Å². The van der Waals surface area contributed by atoms with Gasteiger partial charge in [-0.2, -0.15) is 4.31 Å². The van der Waals surface area contributed by atoms with Gasteiger partial charge in [0.05, 0.1) is 17.1 Å². The molecule has 23 heavy (non-hydrogen) atoms. The van der Waals surface area contributed by atoms with Crippen LogP contribution >= 0.6 is 11.6 Å². The number of nitrogens with zero attached hydrogens (tertiary/aromatic N) is 2. The van der Waals surface area contributed by atoms with E-state index < -0.39 is 15.9 Å². The molecule has 0 bridgehead atoms. The lowest BCUT2D eigenvalue weighted by Gasteiger charge is -2.17. The van der Waals surface area contributed by atoms with E-state index >= 15 is 0 Å². The van der Waals surface area contributed by atoms with Crippen LogP contribution < -0.4 is 5.32 Å². The first-order chi connectivity index (χ1) is 10.8. The molecule has 0 fully saturated rings. The third-order valence-corrected chi connectivity index (χ3v) is 5.25. The number of carbonyl (C=O) groups is 1. The highest BCUT2D eigenvalue weighted by Crippen LogP contribution is 2.18. The van der Waals surface area contributed by atoms with Crippen LogP contribution in [0.5, 0.6) is 0 Å². The van der Waals surface area contributed by atoms with Crippen LogP contribution in [0, 0.1) is 6.92 Å². The van der Waals surface area contributed by atoms with Crippen LogP contribution in [-0.2, 0) is 14.8 Å². The zero-order valence-electron chi connectivity index (χ0n) is 12.7. The minimum atomic E-state index is -3.73. The molecule has 0 aliphatic heterocycles. The molecule has 1 aromatic heterocycles. The van der Waals surface area contributed by atoms with Crippen molar-refractivity contribution in [2.75, 3.05) is 18.9 Å². The molecule has 1 N–H and O–H groups in total. The topological polar surface area (TPSA) is 79.4 Å². The smallest absolute Gasteiger partial charge is 0.243 e. The highest BCUT2D eigenvalue weighted by atomic mass is 35.5. The Hall–Kier alpha value is -1.96. The number of benzene rings is 1. The van der Waals surface area contributed by atoms with E-state index in [1.165, 1.54) is 25.4 Å². The third-order valence-electron chi connectivity index (χ3n) is 3.13. The number of rotatable bonds is 5. The number of halogens is 1. The molecule has 6 nitrogen and oxygen atoms in total. The number of aromatic nitrogens is 1. The predicted octanol–water partition coefficient (Wildman–Crippen LogP) is 2.30. The van der Waals surface area contributed by atoms with Gasteiger partial charge in [0.25, 0.3) is 0 Å². The summed E-state index contributed by atoms with van der Waals surface area (Å²) in [5.41, 5.74) is 1.29. The summed E-state index contributed by atoms with van der Waals surface area (Å²) >= 11 is 5.85. The van der Waals surface area contributed by atoms with Gasteiger partial charge in [0.15, 0.2) is 5.15 Å². The Morgan fingerprint density at radius 3 is 2.52 bits per heavy atom. The van der Waals surface area contributed by atoms with Gasteiger partial charge in [0.1, 0.15) is 0 Å². The normalized spacial score (nSPS) is 11.5. The van der Waals surface area contributed by atoms with Gasteiger partial charge >= 0.3 is 0 Å². The Bertz CT molecular complexity index is 807. The summed E-state index contributed by atoms with van der Waals surface area (Å²) in [6.45, 7) is 1.53. The molecular formula is C15H16ClN3O3S. The van der Waals surface area contributed by atoms with Gasteiger partial charge in [0, 0.05) is 13.2 Å². The lowest BCUT2D eigenvalue weighted by atomic mass is 10.2. The lowest BCUT2D eigenvalue weighted by Crippen LogP contribution is -2.35. The monoisotopic (exact) mass is 353 g/mol. The van der Waals surface area contributed by atoms with Crippen LogP contribution in [0.15, 0.2) is 47.5 Å². The Labute approximate surface area is 140 Å². The molecule has 1 aromatic carbocycles. The van der Waals surface area contributed by atoms with Crippen molar-refractivity contribution in [3.63, 3.8) is 0 Å². The van der Waals surface area contributed by atoms with Gasteiger partial charge in [-0.3, -0.25) is 4.79 Å². The molecule has 0 spiro atoms. The Morgan fingerprint density at radius 1 is 1.26 bits per heavy atom. The van der Waals surface area contributed by atoms with Crippen LogP contribution in [0.1, 0.15) is 5.56 Å². The lowest BCUT2D eigenvalue weighted by molar-refractivity contribution is -0.116. The van der Waals surface area contributed by atoms with Gasteiger partial charge in [-0.05, 0) is 31.2 Å². The highest BCUT2D eigenvalue weighted by Gasteiger charge is 2.23. The molecule has 0 atom stereocenters. The maximum Gasteiger partial charge on any atom is 0.243 e. The maximum atomic E-state index is 12.4. The number of pyridine rings is 1. The van der Waals surface area contributed by atoms with Crippen LogP contribution in [0.4, 0.5) is 5.69 Å². The first kappa shape index (κ1) is 17.4. The molecule has 0 saturated heterocycles. The first-order valence-electron chi connectivity index (χ1n) is 6.74. The summed E-state index contributed by atoms with van der Waals surface area (Å²) in [5, 5.41) is 2.68. The molecule has 0 saturated carbocycles. The fourth-order valence-corrected chi connectivity index (χ4v) is 3.14. The van der Waals surface area contributed by atoms with Gasteiger partial charge in [-0.1, -0.05) is 29.3 Å². The molecule has 0 aliphatic carbocycles. The van der Waals surface area contributed by atoms with Crippen molar-refractivity contribution >= 4 is 33.2 Å². The standard InChI is InChI=1S/C15H16ClN3O3S/c1-11-5-7-12(8-6-11)23(21,22)19(2)10-14(20)18-13-4-3-9-17-15(13)16/h3-9H,10H2,1-2H3,(H,18,20). The molecule has 1 amide bonds. The number of aryl methyl sites for hydroxylation is 1. The largest absolute Gasteiger partial charge is 0.322 e. The van der Waals surface area contributed by atoms with E-state index in [9.17, 15) is 13.2 Å². The van der Waals surface area contributed by atoms with E-state index in [4.69, 9.17) is 11.6 Å². The number of hydrogen-bond donors (Lipinski definition) is 1. The van der Waals surface area contributed by atoms with E-state index in [-0.39, 0.29) is 16.6 Å². The van der Waals surface area contributed by atoms with Gasteiger partial charge in [0.2, 0.25) is 15.9 Å². The average molecular weight is 354 g/mol. The third kappa shape index (κ3) is 4.28. The van der Waals surface area contributed by atoms with Crippen molar-refractivity contribution in [2.45, 2.75) is 11.8 Å². The summed E-state index contributed by atoms with van der Waals surface area (Å²) in [6, 6.07) is 9.64. The molecule has 8 heteroatoms. The number of carbonyl (C=O) groups excluding carboxylic acids is 1. The first-order valence-corrected chi connectivity index (χ1v) is 8.56. The van der Waals surface area contributed by atoms with Crippen molar-refractivity contribution in [3.8, 4) is 0 Å². The zero-order chi connectivity index (χ0) is 17.0. The predicted molar refractivity (Wildman–Crippen MR) is 88.9 cm³/mol. The number of anilines is 1. The molecular weight excluding hydrogens is 338 g/mol. The number of sulfonamides is 1. The number of hydrogen-bond acceptors (Lipinski definition) is 4. The molecule has 0 aliphatic rings. The summed E-state index contributed by atoms with van der Waals surface area (Å²) in [7, 11) is -2.38. The van der Waals surface area contributed by atoms with Gasteiger partial charge in [-0.15, -0.1) is 0 Å². The molecule has 122 valence electrons. The van der Waals surface area contributed by atoms with Crippen LogP contribution in [-0.4, -0.2) is 37.2 Å². The van der Waals surface area contributed by atoms with E-state index in [1.54, 1.807) is 24.3 Å². The van der Waals surface area contributed by atoms with Crippen molar-refractivity contribution in [2.24, 2.45) is 0 Å². The summed E-state index contributed by atoms with van der Waals surface area (Å²) in [5.74, 6) is -0.502. The second kappa shape index (κ2) is 7.08. The van der Waals surface area contributed by atoms with Crippen LogP contribution in [0.2, 0.25) is 5.15 Å². The molecule has 0 radical (unpaired) electrons. The van der Waals surface area contributed by atoms with Crippen molar-refractivity contribution in [3.05, 3.63) is 53.3 Å². The van der Waals surface area contributed by atoms with Gasteiger partial charge in [-0.25, -0.2) is 13.4 Å². The minimum Gasteiger partial charge on any atom is -0.322 e. The Morgan fingerprint density at radius 2 is 1.91 bits per heavy atom. The molecule has 1 heterocycles. The fraction of sp³-hybridized carbons (Fsp3) is 0.200. The molecule has 2 aromatic rings. The zero-order valence-corrected chi connectivity index (χ0v) is 14.2. The summed E-state index contributed by atoms with van der Waals surface area (Å²) in [6.07, 6.45) is 1.49. The van der Waals surface area contributed by atoms with Crippen molar-refractivity contribution in [1.82, 2.24) is 9.29 Å². The number of amides is 1. The second-order valence-corrected chi connectivity index (χ2v) is 7.37. The Kier molecular flexibility index (Phi) is 5.35. The average Bonchev–Trinajstić information content (AvgIpc) is 2.50. The summed E-state index contributed by atoms with van der Waals surface area (Å²) in [4.78, 5) is 16.0. The van der Waals surface area contributed by atoms with E-state index in [0.29, 0.717) is 5.69 Å². The quantitative estimate of drug-likeness (QED) is 0.836. The second-order valence-electron chi connectivity index (χ2n) is 4.96. The molecule has 2 rings (SSSR count). The van der Waals surface area contributed by atoms with Crippen LogP contribution in [0.3, 0.4) is 0 Å². The maximum absolute atomic E-state index is 12.4. The SMILES string of the molecule is Cc1ccc(S(=O)(=O)N(C)CC(=O)Nc2cccnc2Cl)cc1. The molecule has 0 unspecified atom stereocenters.